The Morgan fingerprint density at radius 2 is 2.00 bits per heavy atom. The van der Waals surface area contributed by atoms with Gasteiger partial charge >= 0.3 is 0 Å². The standard InChI is InChI=1S/C11H18ClN3O/c1-4-11(5-2,7-16)15-9-6-8(3)13-10(12)14-9/h6,16H,4-5,7H2,1-3H3,(H,13,14,15). The average molecular weight is 244 g/mol. The molecule has 0 spiro atoms. The molecule has 1 aromatic heterocycles. The van der Waals surface area contributed by atoms with E-state index >= 15 is 0 Å². The van der Waals surface area contributed by atoms with Gasteiger partial charge in [0.25, 0.3) is 0 Å². The third-order valence-electron chi connectivity index (χ3n) is 2.88. The maximum atomic E-state index is 9.44. The Morgan fingerprint density at radius 3 is 2.44 bits per heavy atom. The fraction of sp³-hybridized carbons (Fsp3) is 0.636. The van der Waals surface area contributed by atoms with Crippen molar-refractivity contribution >= 4 is 17.4 Å². The number of halogens is 1. The van der Waals surface area contributed by atoms with Crippen LogP contribution in [0.2, 0.25) is 5.28 Å². The van der Waals surface area contributed by atoms with Crippen LogP contribution in [0, 0.1) is 6.92 Å². The molecule has 0 atom stereocenters. The second-order valence-electron chi connectivity index (χ2n) is 3.93. The molecule has 0 unspecified atom stereocenters. The molecular formula is C11H18ClN3O. The molecule has 0 saturated heterocycles. The van der Waals surface area contributed by atoms with E-state index in [9.17, 15) is 5.11 Å². The number of nitrogens with zero attached hydrogens (tertiary/aromatic N) is 2. The number of nitrogens with one attached hydrogen (secondary N) is 1. The SMILES string of the molecule is CCC(CC)(CO)Nc1cc(C)nc(Cl)n1. The number of hydrogen-bond acceptors (Lipinski definition) is 4. The van der Waals surface area contributed by atoms with E-state index in [0.29, 0.717) is 5.82 Å². The lowest BCUT2D eigenvalue weighted by Crippen LogP contribution is -2.41. The Labute approximate surface area is 101 Å². The first-order chi connectivity index (χ1) is 7.55. The largest absolute Gasteiger partial charge is 0.394 e. The predicted molar refractivity (Wildman–Crippen MR) is 65.8 cm³/mol. The molecule has 1 heterocycles. The highest BCUT2D eigenvalue weighted by Crippen LogP contribution is 2.21. The van der Waals surface area contributed by atoms with Crippen LogP contribution in [0.15, 0.2) is 6.07 Å². The molecule has 1 aromatic rings. The highest BCUT2D eigenvalue weighted by Gasteiger charge is 2.25. The number of aryl methyl sites for hydroxylation is 1. The normalized spacial score (nSPS) is 11.6. The third-order valence-corrected chi connectivity index (χ3v) is 3.05. The second kappa shape index (κ2) is 5.46. The zero-order valence-electron chi connectivity index (χ0n) is 9.92. The Bertz CT molecular complexity index is 325. The summed E-state index contributed by atoms with van der Waals surface area (Å²) in [5.74, 6) is 0.662. The summed E-state index contributed by atoms with van der Waals surface area (Å²) in [6.45, 7) is 5.99. The molecule has 0 fully saturated rings. The van der Waals surface area contributed by atoms with Gasteiger partial charge in [0.1, 0.15) is 5.82 Å². The number of anilines is 1. The topological polar surface area (TPSA) is 58.0 Å². The van der Waals surface area contributed by atoms with Gasteiger partial charge in [0, 0.05) is 11.8 Å². The summed E-state index contributed by atoms with van der Waals surface area (Å²) >= 11 is 5.78. The van der Waals surface area contributed by atoms with Crippen LogP contribution in [0.5, 0.6) is 0 Å². The molecule has 0 saturated carbocycles. The van der Waals surface area contributed by atoms with E-state index < -0.39 is 0 Å². The van der Waals surface area contributed by atoms with Crippen molar-refractivity contribution in [2.75, 3.05) is 11.9 Å². The molecule has 90 valence electrons. The molecule has 1 rings (SSSR count). The van der Waals surface area contributed by atoms with Crippen LogP contribution in [0.4, 0.5) is 5.82 Å². The van der Waals surface area contributed by atoms with Crippen molar-refractivity contribution in [3.8, 4) is 0 Å². The lowest BCUT2D eigenvalue weighted by atomic mass is 9.94. The van der Waals surface area contributed by atoms with Crippen molar-refractivity contribution in [2.24, 2.45) is 0 Å². The fourth-order valence-corrected chi connectivity index (χ4v) is 1.78. The monoisotopic (exact) mass is 243 g/mol. The van der Waals surface area contributed by atoms with E-state index in [1.54, 1.807) is 0 Å². The highest BCUT2D eigenvalue weighted by molar-refractivity contribution is 6.28. The van der Waals surface area contributed by atoms with Crippen LogP contribution >= 0.6 is 11.6 Å². The summed E-state index contributed by atoms with van der Waals surface area (Å²) in [7, 11) is 0. The van der Waals surface area contributed by atoms with E-state index in [2.05, 4.69) is 15.3 Å². The summed E-state index contributed by atoms with van der Waals surface area (Å²) in [6.07, 6.45) is 1.64. The van der Waals surface area contributed by atoms with Gasteiger partial charge in [0.2, 0.25) is 5.28 Å². The van der Waals surface area contributed by atoms with Gasteiger partial charge in [0.05, 0.1) is 12.1 Å². The molecule has 0 radical (unpaired) electrons. The van der Waals surface area contributed by atoms with Crippen molar-refractivity contribution < 1.29 is 5.11 Å². The lowest BCUT2D eigenvalue weighted by Gasteiger charge is -2.31. The van der Waals surface area contributed by atoms with Crippen LogP contribution < -0.4 is 5.32 Å². The minimum atomic E-state index is -0.329. The molecule has 16 heavy (non-hydrogen) atoms. The Kier molecular flexibility index (Phi) is 4.50. The molecule has 0 aliphatic heterocycles. The molecule has 0 aromatic carbocycles. The highest BCUT2D eigenvalue weighted by atomic mass is 35.5. The maximum Gasteiger partial charge on any atom is 0.224 e. The number of hydrogen-bond donors (Lipinski definition) is 2. The van der Waals surface area contributed by atoms with Crippen molar-refractivity contribution in [1.29, 1.82) is 0 Å². The summed E-state index contributed by atoms with van der Waals surface area (Å²) in [5, 5.41) is 12.9. The summed E-state index contributed by atoms with van der Waals surface area (Å²) in [6, 6.07) is 1.82. The lowest BCUT2D eigenvalue weighted by molar-refractivity contribution is 0.202. The van der Waals surface area contributed by atoms with Gasteiger partial charge in [-0.1, -0.05) is 13.8 Å². The van der Waals surface area contributed by atoms with Gasteiger partial charge in [-0.25, -0.2) is 9.97 Å². The smallest absolute Gasteiger partial charge is 0.224 e. The number of rotatable bonds is 5. The van der Waals surface area contributed by atoms with Crippen molar-refractivity contribution in [1.82, 2.24) is 9.97 Å². The average Bonchev–Trinajstić information content (AvgIpc) is 2.25. The first-order valence-electron chi connectivity index (χ1n) is 5.45. The first kappa shape index (κ1) is 13.2. The van der Waals surface area contributed by atoms with Crippen LogP contribution in [0.1, 0.15) is 32.4 Å². The molecule has 0 aliphatic carbocycles. The van der Waals surface area contributed by atoms with Crippen molar-refractivity contribution in [3.63, 3.8) is 0 Å². The van der Waals surface area contributed by atoms with E-state index in [0.717, 1.165) is 18.5 Å². The zero-order valence-corrected chi connectivity index (χ0v) is 10.7. The Balaban J connectivity index is 2.93. The van der Waals surface area contributed by atoms with Crippen LogP contribution in [-0.4, -0.2) is 27.2 Å². The van der Waals surface area contributed by atoms with E-state index in [1.807, 2.05) is 26.8 Å². The number of aliphatic hydroxyl groups is 1. The Morgan fingerprint density at radius 1 is 1.38 bits per heavy atom. The summed E-state index contributed by atoms with van der Waals surface area (Å²) in [4.78, 5) is 8.09. The quantitative estimate of drug-likeness (QED) is 0.780. The van der Waals surface area contributed by atoms with Gasteiger partial charge in [-0.15, -0.1) is 0 Å². The van der Waals surface area contributed by atoms with Crippen LogP contribution in [-0.2, 0) is 0 Å². The molecular weight excluding hydrogens is 226 g/mol. The van der Waals surface area contributed by atoms with Crippen LogP contribution in [0.25, 0.3) is 0 Å². The van der Waals surface area contributed by atoms with E-state index in [-0.39, 0.29) is 17.4 Å². The predicted octanol–water partition coefficient (Wildman–Crippen LogP) is 2.40. The van der Waals surface area contributed by atoms with Crippen LogP contribution in [0.3, 0.4) is 0 Å². The van der Waals surface area contributed by atoms with Gasteiger partial charge in [-0.05, 0) is 31.4 Å². The third kappa shape index (κ3) is 3.06. The number of aromatic nitrogens is 2. The van der Waals surface area contributed by atoms with Gasteiger partial charge in [-0.3, -0.25) is 0 Å². The molecule has 5 heteroatoms. The first-order valence-corrected chi connectivity index (χ1v) is 5.83. The van der Waals surface area contributed by atoms with Crippen molar-refractivity contribution in [2.45, 2.75) is 39.2 Å². The Hall–Kier alpha value is -0.870. The molecule has 4 nitrogen and oxygen atoms in total. The minimum absolute atomic E-state index is 0.0701. The van der Waals surface area contributed by atoms with Gasteiger partial charge < -0.3 is 10.4 Å². The summed E-state index contributed by atoms with van der Waals surface area (Å²) in [5.41, 5.74) is 0.478. The molecule has 0 aliphatic rings. The zero-order chi connectivity index (χ0) is 12.2. The van der Waals surface area contributed by atoms with Gasteiger partial charge in [-0.2, -0.15) is 0 Å². The maximum absolute atomic E-state index is 9.44. The van der Waals surface area contributed by atoms with Crippen molar-refractivity contribution in [3.05, 3.63) is 17.0 Å². The summed E-state index contributed by atoms with van der Waals surface area (Å²) < 4.78 is 0. The number of aliphatic hydroxyl groups excluding tert-OH is 1. The second-order valence-corrected chi connectivity index (χ2v) is 4.27. The fourth-order valence-electron chi connectivity index (χ4n) is 1.56. The molecule has 0 amide bonds. The van der Waals surface area contributed by atoms with E-state index in [1.165, 1.54) is 0 Å². The molecule has 0 bridgehead atoms. The van der Waals surface area contributed by atoms with Gasteiger partial charge in [0.15, 0.2) is 0 Å². The molecule has 2 N–H and O–H groups in total. The minimum Gasteiger partial charge on any atom is -0.394 e. The van der Waals surface area contributed by atoms with E-state index in [4.69, 9.17) is 11.6 Å².